The number of aryl methyl sites for hydroxylation is 2. The number of nitrogens with zero attached hydrogens (tertiary/aromatic N) is 1. The molecule has 0 aliphatic heterocycles. The van der Waals surface area contributed by atoms with Crippen molar-refractivity contribution in [3.63, 3.8) is 0 Å². The first kappa shape index (κ1) is 16.8. The van der Waals surface area contributed by atoms with Crippen LogP contribution < -0.4 is 9.57 Å². The van der Waals surface area contributed by atoms with E-state index < -0.39 is 10.0 Å². The van der Waals surface area contributed by atoms with E-state index in [4.69, 9.17) is 4.74 Å². The Kier molecular flexibility index (Phi) is 4.90. The number of phenols is 1. The fourth-order valence-electron chi connectivity index (χ4n) is 2.11. The van der Waals surface area contributed by atoms with Crippen LogP contribution in [0.25, 0.3) is 0 Å². The molecule has 2 rings (SSSR count). The summed E-state index contributed by atoms with van der Waals surface area (Å²) in [6.45, 7) is 3.62. The van der Waals surface area contributed by atoms with E-state index in [9.17, 15) is 13.5 Å². The molecule has 2 N–H and O–H groups in total. The molecule has 0 atom stereocenters. The number of hydrazone groups is 1. The second-order valence-corrected chi connectivity index (χ2v) is 6.68. The minimum atomic E-state index is -3.74. The van der Waals surface area contributed by atoms with Crippen LogP contribution in [-0.4, -0.2) is 26.8 Å². The van der Waals surface area contributed by atoms with Gasteiger partial charge >= 0.3 is 0 Å². The highest BCUT2D eigenvalue weighted by molar-refractivity contribution is 7.89. The molecule has 0 radical (unpaired) electrons. The Labute approximate surface area is 135 Å². The van der Waals surface area contributed by atoms with Gasteiger partial charge in [0.25, 0.3) is 10.0 Å². The zero-order chi connectivity index (χ0) is 17.0. The normalized spacial score (nSPS) is 11.6. The van der Waals surface area contributed by atoms with Gasteiger partial charge in [0.1, 0.15) is 0 Å². The van der Waals surface area contributed by atoms with Crippen LogP contribution in [0.1, 0.15) is 16.7 Å². The number of phenolic OH excluding ortho intramolecular Hbond substituents is 1. The van der Waals surface area contributed by atoms with Crippen molar-refractivity contribution in [3.8, 4) is 11.5 Å². The van der Waals surface area contributed by atoms with Crippen molar-refractivity contribution >= 4 is 16.2 Å². The van der Waals surface area contributed by atoms with E-state index in [0.717, 1.165) is 5.56 Å². The molecule has 0 aromatic heterocycles. The third-order valence-electron chi connectivity index (χ3n) is 3.21. The van der Waals surface area contributed by atoms with Crippen molar-refractivity contribution < 1.29 is 18.3 Å². The molecule has 0 saturated heterocycles. The Morgan fingerprint density at radius 3 is 2.52 bits per heavy atom. The Morgan fingerprint density at radius 1 is 1.17 bits per heavy atom. The summed E-state index contributed by atoms with van der Waals surface area (Å²) in [7, 11) is -2.29. The summed E-state index contributed by atoms with van der Waals surface area (Å²) >= 11 is 0. The molecule has 2 aromatic rings. The summed E-state index contributed by atoms with van der Waals surface area (Å²) in [5, 5.41) is 13.4. The van der Waals surface area contributed by atoms with E-state index in [2.05, 4.69) is 9.93 Å². The van der Waals surface area contributed by atoms with Crippen molar-refractivity contribution in [2.75, 3.05) is 7.11 Å². The molecule has 122 valence electrons. The summed E-state index contributed by atoms with van der Waals surface area (Å²) in [4.78, 5) is 2.34. The van der Waals surface area contributed by atoms with E-state index in [1.807, 2.05) is 6.92 Å². The van der Waals surface area contributed by atoms with Crippen LogP contribution in [0.2, 0.25) is 0 Å². The molecule has 23 heavy (non-hydrogen) atoms. The molecule has 2 aromatic carbocycles. The lowest BCUT2D eigenvalue weighted by atomic mass is 10.2. The summed E-state index contributed by atoms with van der Waals surface area (Å²) in [5.74, 6) is 0.284. The van der Waals surface area contributed by atoms with Gasteiger partial charge in [-0.1, -0.05) is 17.7 Å². The third kappa shape index (κ3) is 4.01. The molecular formula is C16H18N2O4S. The average Bonchev–Trinajstić information content (AvgIpc) is 2.46. The standard InChI is InChI=1S/C16H18N2O4S/c1-11-4-7-16(12(2)8-11)23(20,21)18-17-10-13-5-6-15(22-3)14(19)9-13/h4-10,18-19H,1-3H3/b17-10-. The van der Waals surface area contributed by atoms with E-state index in [0.29, 0.717) is 16.9 Å². The second kappa shape index (κ2) is 6.70. The molecule has 0 aliphatic carbocycles. The second-order valence-electron chi connectivity index (χ2n) is 5.05. The van der Waals surface area contributed by atoms with E-state index in [1.54, 1.807) is 37.3 Å². The highest BCUT2D eigenvalue weighted by Crippen LogP contribution is 2.25. The molecule has 6 nitrogen and oxygen atoms in total. The number of rotatable bonds is 5. The monoisotopic (exact) mass is 334 g/mol. The van der Waals surface area contributed by atoms with E-state index >= 15 is 0 Å². The quantitative estimate of drug-likeness (QED) is 0.649. The van der Waals surface area contributed by atoms with E-state index in [-0.39, 0.29) is 10.6 Å². The number of benzene rings is 2. The van der Waals surface area contributed by atoms with Crippen LogP contribution in [0.15, 0.2) is 46.4 Å². The lowest BCUT2D eigenvalue weighted by molar-refractivity contribution is 0.373. The van der Waals surface area contributed by atoms with Gasteiger partial charge in [-0.15, -0.1) is 0 Å². The number of sulfonamides is 1. The zero-order valence-corrected chi connectivity index (χ0v) is 13.9. The highest BCUT2D eigenvalue weighted by Gasteiger charge is 2.15. The van der Waals surface area contributed by atoms with Gasteiger partial charge in [-0.25, -0.2) is 4.83 Å². The van der Waals surface area contributed by atoms with Gasteiger partial charge in [-0.05, 0) is 49.2 Å². The Balaban J connectivity index is 2.17. The van der Waals surface area contributed by atoms with Crippen molar-refractivity contribution in [1.29, 1.82) is 0 Å². The summed E-state index contributed by atoms with van der Waals surface area (Å²) in [6, 6.07) is 9.70. The minimum Gasteiger partial charge on any atom is -0.504 e. The molecular weight excluding hydrogens is 316 g/mol. The van der Waals surface area contributed by atoms with Crippen molar-refractivity contribution in [3.05, 3.63) is 53.1 Å². The van der Waals surface area contributed by atoms with Crippen molar-refractivity contribution in [2.45, 2.75) is 18.7 Å². The Bertz CT molecular complexity index is 845. The van der Waals surface area contributed by atoms with Crippen LogP contribution in [0, 0.1) is 13.8 Å². The topological polar surface area (TPSA) is 88.0 Å². The fraction of sp³-hybridized carbons (Fsp3) is 0.188. The summed E-state index contributed by atoms with van der Waals surface area (Å²) < 4.78 is 29.4. The number of ether oxygens (including phenoxy) is 1. The predicted molar refractivity (Wildman–Crippen MR) is 88.5 cm³/mol. The number of hydrogen-bond donors (Lipinski definition) is 2. The van der Waals surface area contributed by atoms with Gasteiger partial charge in [0.2, 0.25) is 0 Å². The zero-order valence-electron chi connectivity index (χ0n) is 13.1. The van der Waals surface area contributed by atoms with Crippen LogP contribution in [0.4, 0.5) is 0 Å². The first-order chi connectivity index (χ1) is 10.8. The molecule has 0 aliphatic rings. The van der Waals surface area contributed by atoms with Gasteiger partial charge in [0.15, 0.2) is 11.5 Å². The summed E-state index contributed by atoms with van der Waals surface area (Å²) in [6.07, 6.45) is 1.31. The van der Waals surface area contributed by atoms with Gasteiger partial charge in [0.05, 0.1) is 18.2 Å². The third-order valence-corrected chi connectivity index (χ3v) is 4.59. The molecule has 0 bridgehead atoms. The molecule has 0 fully saturated rings. The average molecular weight is 334 g/mol. The molecule has 0 saturated carbocycles. The van der Waals surface area contributed by atoms with Crippen molar-refractivity contribution in [1.82, 2.24) is 4.83 Å². The molecule has 0 heterocycles. The minimum absolute atomic E-state index is 0.0475. The Hall–Kier alpha value is -2.54. The molecule has 0 unspecified atom stereocenters. The van der Waals surface area contributed by atoms with Crippen LogP contribution >= 0.6 is 0 Å². The fourth-order valence-corrected chi connectivity index (χ4v) is 3.13. The maximum Gasteiger partial charge on any atom is 0.276 e. The van der Waals surface area contributed by atoms with Gasteiger partial charge in [0, 0.05) is 0 Å². The predicted octanol–water partition coefficient (Wildman–Crippen LogP) is 2.33. The van der Waals surface area contributed by atoms with Gasteiger partial charge < -0.3 is 9.84 Å². The number of nitrogens with one attached hydrogen (secondary N) is 1. The SMILES string of the molecule is COc1ccc(/C=N\NS(=O)(=O)c2ccc(C)cc2C)cc1O. The molecule has 7 heteroatoms. The number of methoxy groups -OCH3 is 1. The number of hydrogen-bond acceptors (Lipinski definition) is 5. The van der Waals surface area contributed by atoms with E-state index in [1.165, 1.54) is 19.4 Å². The maximum absolute atomic E-state index is 12.2. The highest BCUT2D eigenvalue weighted by atomic mass is 32.2. The van der Waals surface area contributed by atoms with Gasteiger partial charge in [-0.2, -0.15) is 13.5 Å². The lowest BCUT2D eigenvalue weighted by Crippen LogP contribution is -2.19. The Morgan fingerprint density at radius 2 is 1.91 bits per heavy atom. The van der Waals surface area contributed by atoms with Crippen LogP contribution in [0.5, 0.6) is 11.5 Å². The smallest absolute Gasteiger partial charge is 0.276 e. The number of aromatic hydroxyl groups is 1. The van der Waals surface area contributed by atoms with Crippen molar-refractivity contribution in [2.24, 2.45) is 5.10 Å². The largest absolute Gasteiger partial charge is 0.504 e. The first-order valence-corrected chi connectivity index (χ1v) is 8.31. The van der Waals surface area contributed by atoms with Gasteiger partial charge in [-0.3, -0.25) is 0 Å². The lowest BCUT2D eigenvalue weighted by Gasteiger charge is -2.07. The molecule has 0 amide bonds. The summed E-state index contributed by atoms with van der Waals surface area (Å²) in [5.41, 5.74) is 2.17. The van der Waals surface area contributed by atoms with Crippen LogP contribution in [0.3, 0.4) is 0 Å². The maximum atomic E-state index is 12.2. The van der Waals surface area contributed by atoms with Crippen LogP contribution in [-0.2, 0) is 10.0 Å². The molecule has 0 spiro atoms. The first-order valence-electron chi connectivity index (χ1n) is 6.82.